The molecule has 1 unspecified atom stereocenters. The molecule has 5 nitrogen and oxygen atoms in total. The lowest BCUT2D eigenvalue weighted by Gasteiger charge is -2.30. The minimum absolute atomic E-state index is 0.0696. The molecule has 18 heavy (non-hydrogen) atoms. The van der Waals surface area contributed by atoms with Gasteiger partial charge < -0.3 is 15.7 Å². The van der Waals surface area contributed by atoms with Crippen molar-refractivity contribution in [3.63, 3.8) is 0 Å². The Bertz CT molecular complexity index is 337. The van der Waals surface area contributed by atoms with Gasteiger partial charge in [0.1, 0.15) is 0 Å². The fourth-order valence-corrected chi connectivity index (χ4v) is 1.87. The molecule has 0 aromatic heterocycles. The SMILES string of the molecule is CC(C)(C)C(CC(=O)O)NC(=O)NC1CC=CC1. The van der Waals surface area contributed by atoms with Gasteiger partial charge in [-0.15, -0.1) is 0 Å². The number of aliphatic carboxylic acids is 1. The molecule has 1 atom stereocenters. The molecular weight excluding hydrogens is 232 g/mol. The predicted molar refractivity (Wildman–Crippen MR) is 69.3 cm³/mol. The van der Waals surface area contributed by atoms with Gasteiger partial charge in [-0.2, -0.15) is 0 Å². The summed E-state index contributed by atoms with van der Waals surface area (Å²) >= 11 is 0. The summed E-state index contributed by atoms with van der Waals surface area (Å²) in [7, 11) is 0. The topological polar surface area (TPSA) is 78.4 Å². The van der Waals surface area contributed by atoms with Gasteiger partial charge in [0.25, 0.3) is 0 Å². The number of carboxylic acid groups (broad SMARTS) is 1. The van der Waals surface area contributed by atoms with Gasteiger partial charge in [-0.05, 0) is 18.3 Å². The second-order valence-corrected chi connectivity index (χ2v) is 5.77. The van der Waals surface area contributed by atoms with E-state index in [1.165, 1.54) is 0 Å². The molecule has 2 amide bonds. The van der Waals surface area contributed by atoms with E-state index < -0.39 is 5.97 Å². The van der Waals surface area contributed by atoms with E-state index in [-0.39, 0.29) is 30.0 Å². The van der Waals surface area contributed by atoms with Gasteiger partial charge in [0.05, 0.1) is 6.42 Å². The van der Waals surface area contributed by atoms with Crippen LogP contribution in [0.2, 0.25) is 0 Å². The van der Waals surface area contributed by atoms with Crippen LogP contribution in [-0.4, -0.2) is 29.2 Å². The molecular formula is C13H22N2O3. The van der Waals surface area contributed by atoms with E-state index in [0.29, 0.717) is 0 Å². The number of rotatable bonds is 4. The Morgan fingerprint density at radius 3 is 2.33 bits per heavy atom. The lowest BCUT2D eigenvalue weighted by molar-refractivity contribution is -0.138. The van der Waals surface area contributed by atoms with Gasteiger partial charge >= 0.3 is 12.0 Å². The normalized spacial score (nSPS) is 17.5. The van der Waals surface area contributed by atoms with Crippen LogP contribution in [0, 0.1) is 5.41 Å². The first-order valence-corrected chi connectivity index (χ1v) is 6.23. The summed E-state index contributed by atoms with van der Waals surface area (Å²) in [5.74, 6) is -0.905. The van der Waals surface area contributed by atoms with Gasteiger partial charge in [0, 0.05) is 12.1 Å². The van der Waals surface area contributed by atoms with Gasteiger partial charge in [0.2, 0.25) is 0 Å². The molecule has 0 aromatic rings. The first-order chi connectivity index (χ1) is 8.29. The van der Waals surface area contributed by atoms with E-state index in [9.17, 15) is 9.59 Å². The predicted octanol–water partition coefficient (Wildman–Crippen LogP) is 1.89. The number of carboxylic acids is 1. The fraction of sp³-hybridized carbons (Fsp3) is 0.692. The van der Waals surface area contributed by atoms with E-state index in [1.807, 2.05) is 32.9 Å². The zero-order valence-electron chi connectivity index (χ0n) is 11.2. The maximum absolute atomic E-state index is 11.8. The molecule has 0 aliphatic heterocycles. The summed E-state index contributed by atoms with van der Waals surface area (Å²) in [4.78, 5) is 22.6. The van der Waals surface area contributed by atoms with Gasteiger partial charge in [-0.25, -0.2) is 4.79 Å². The standard InChI is InChI=1S/C13H22N2O3/c1-13(2,3)10(8-11(16)17)15-12(18)14-9-6-4-5-7-9/h4-5,9-10H,6-8H2,1-3H3,(H,16,17)(H2,14,15,18). The number of urea groups is 1. The Hall–Kier alpha value is -1.52. The van der Waals surface area contributed by atoms with Crippen molar-refractivity contribution < 1.29 is 14.7 Å². The summed E-state index contributed by atoms with van der Waals surface area (Å²) in [6, 6.07) is -0.537. The van der Waals surface area contributed by atoms with Crippen LogP contribution in [0.3, 0.4) is 0 Å². The van der Waals surface area contributed by atoms with Crippen molar-refractivity contribution in [2.45, 2.75) is 52.1 Å². The monoisotopic (exact) mass is 254 g/mol. The van der Waals surface area contributed by atoms with Crippen molar-refractivity contribution in [3.8, 4) is 0 Å². The molecule has 0 bridgehead atoms. The van der Waals surface area contributed by atoms with Crippen molar-refractivity contribution in [2.24, 2.45) is 5.41 Å². The van der Waals surface area contributed by atoms with Crippen molar-refractivity contribution in [3.05, 3.63) is 12.2 Å². The molecule has 0 spiro atoms. The average molecular weight is 254 g/mol. The molecule has 0 radical (unpaired) electrons. The Kier molecular flexibility index (Phi) is 4.76. The number of nitrogens with one attached hydrogen (secondary N) is 2. The van der Waals surface area contributed by atoms with Crippen molar-refractivity contribution in [1.82, 2.24) is 10.6 Å². The smallest absolute Gasteiger partial charge is 0.315 e. The molecule has 0 saturated carbocycles. The van der Waals surface area contributed by atoms with Crippen molar-refractivity contribution in [2.75, 3.05) is 0 Å². The first kappa shape index (κ1) is 14.5. The zero-order valence-corrected chi connectivity index (χ0v) is 11.2. The van der Waals surface area contributed by atoms with Crippen LogP contribution in [0.15, 0.2) is 12.2 Å². The highest BCUT2D eigenvalue weighted by molar-refractivity contribution is 5.76. The second-order valence-electron chi connectivity index (χ2n) is 5.77. The van der Waals surface area contributed by atoms with Crippen LogP contribution < -0.4 is 10.6 Å². The Morgan fingerprint density at radius 1 is 1.33 bits per heavy atom. The zero-order chi connectivity index (χ0) is 13.8. The van der Waals surface area contributed by atoms with E-state index in [0.717, 1.165) is 12.8 Å². The van der Waals surface area contributed by atoms with Crippen LogP contribution in [0.4, 0.5) is 4.79 Å². The number of hydrogen-bond donors (Lipinski definition) is 3. The maximum atomic E-state index is 11.8. The number of hydrogen-bond acceptors (Lipinski definition) is 2. The van der Waals surface area contributed by atoms with Crippen LogP contribution in [0.1, 0.15) is 40.0 Å². The third-order valence-electron chi connectivity index (χ3n) is 3.07. The van der Waals surface area contributed by atoms with Crippen LogP contribution in [0.5, 0.6) is 0 Å². The molecule has 0 fully saturated rings. The number of carbonyl (C=O) groups is 2. The molecule has 3 N–H and O–H groups in total. The molecule has 1 rings (SSSR count). The van der Waals surface area contributed by atoms with Gasteiger partial charge in [-0.1, -0.05) is 32.9 Å². The van der Waals surface area contributed by atoms with Gasteiger partial charge in [0.15, 0.2) is 0 Å². The Balaban J connectivity index is 2.49. The minimum atomic E-state index is -0.905. The lowest BCUT2D eigenvalue weighted by Crippen LogP contribution is -2.50. The molecule has 0 saturated heterocycles. The second kappa shape index (κ2) is 5.89. The lowest BCUT2D eigenvalue weighted by atomic mass is 9.85. The highest BCUT2D eigenvalue weighted by Gasteiger charge is 2.28. The summed E-state index contributed by atoms with van der Waals surface area (Å²) in [5.41, 5.74) is -0.288. The fourth-order valence-electron chi connectivity index (χ4n) is 1.87. The highest BCUT2D eigenvalue weighted by atomic mass is 16.4. The highest BCUT2D eigenvalue weighted by Crippen LogP contribution is 2.21. The largest absolute Gasteiger partial charge is 0.481 e. The Labute approximate surface area is 108 Å². The van der Waals surface area contributed by atoms with Crippen molar-refractivity contribution >= 4 is 12.0 Å². The number of amides is 2. The summed E-state index contributed by atoms with van der Waals surface area (Å²) in [6.45, 7) is 5.74. The molecule has 1 aliphatic carbocycles. The quantitative estimate of drug-likeness (QED) is 0.670. The maximum Gasteiger partial charge on any atom is 0.315 e. The van der Waals surface area contributed by atoms with E-state index in [1.54, 1.807) is 0 Å². The van der Waals surface area contributed by atoms with E-state index in [2.05, 4.69) is 10.6 Å². The molecule has 0 aromatic carbocycles. The summed E-state index contributed by atoms with van der Waals surface area (Å²) in [5, 5.41) is 14.5. The summed E-state index contributed by atoms with van der Waals surface area (Å²) in [6.07, 6.45) is 5.67. The van der Waals surface area contributed by atoms with Crippen LogP contribution in [-0.2, 0) is 4.79 Å². The number of carbonyl (C=O) groups excluding carboxylic acids is 1. The van der Waals surface area contributed by atoms with Crippen LogP contribution >= 0.6 is 0 Å². The average Bonchev–Trinajstić information content (AvgIpc) is 2.67. The van der Waals surface area contributed by atoms with Crippen molar-refractivity contribution in [1.29, 1.82) is 0 Å². The summed E-state index contributed by atoms with van der Waals surface area (Å²) < 4.78 is 0. The van der Waals surface area contributed by atoms with E-state index >= 15 is 0 Å². The van der Waals surface area contributed by atoms with Crippen LogP contribution in [0.25, 0.3) is 0 Å². The Morgan fingerprint density at radius 2 is 1.89 bits per heavy atom. The van der Waals surface area contributed by atoms with E-state index in [4.69, 9.17) is 5.11 Å². The minimum Gasteiger partial charge on any atom is -0.481 e. The molecule has 102 valence electrons. The third kappa shape index (κ3) is 4.77. The first-order valence-electron chi connectivity index (χ1n) is 6.23. The molecule has 5 heteroatoms. The van der Waals surface area contributed by atoms with Gasteiger partial charge in [-0.3, -0.25) is 4.79 Å². The third-order valence-corrected chi connectivity index (χ3v) is 3.07. The molecule has 1 aliphatic rings. The molecule has 0 heterocycles.